The third-order valence-electron chi connectivity index (χ3n) is 7.75. The maximum atomic E-state index is 13.6. The van der Waals surface area contributed by atoms with Crippen LogP contribution in [-0.4, -0.2) is 45.4 Å². The number of guanidine groups is 1. The SMILES string of the molecule is CN1C(=O)c2cn(Cc3ccc(-c4cccc(F)n4)cc3)c(Nc3ccccc3)c2N2C1=NC1CCCC12. The number of hydrogen-bond acceptors (Lipinski definition) is 5. The predicted octanol–water partition coefficient (Wildman–Crippen LogP) is 5.66. The second-order valence-electron chi connectivity index (χ2n) is 10.1. The Bertz CT molecular complexity index is 1560. The van der Waals surface area contributed by atoms with E-state index in [4.69, 9.17) is 4.99 Å². The van der Waals surface area contributed by atoms with Crippen LogP contribution < -0.4 is 10.2 Å². The average Bonchev–Trinajstić information content (AvgIpc) is 3.62. The highest BCUT2D eigenvalue weighted by atomic mass is 19.1. The summed E-state index contributed by atoms with van der Waals surface area (Å²) in [6.07, 6.45) is 5.21. The van der Waals surface area contributed by atoms with Gasteiger partial charge < -0.3 is 14.8 Å². The maximum Gasteiger partial charge on any atom is 0.264 e. The lowest BCUT2D eigenvalue weighted by atomic mass is 10.1. The monoisotopic (exact) mass is 506 g/mol. The fraction of sp³-hybridized carbons (Fsp3) is 0.233. The first-order valence-corrected chi connectivity index (χ1v) is 13.0. The molecule has 3 aliphatic rings. The summed E-state index contributed by atoms with van der Waals surface area (Å²) in [4.78, 5) is 26.5. The van der Waals surface area contributed by atoms with Crippen LogP contribution in [0.15, 0.2) is 84.0 Å². The molecule has 2 aliphatic heterocycles. The second kappa shape index (κ2) is 8.83. The fourth-order valence-corrected chi connectivity index (χ4v) is 5.92. The lowest BCUT2D eigenvalue weighted by molar-refractivity contribution is 0.0865. The van der Waals surface area contributed by atoms with Crippen molar-refractivity contribution in [3.8, 4) is 11.3 Å². The van der Waals surface area contributed by atoms with Gasteiger partial charge in [-0.25, -0.2) is 9.98 Å². The molecule has 1 fully saturated rings. The zero-order chi connectivity index (χ0) is 25.8. The van der Waals surface area contributed by atoms with Gasteiger partial charge in [0.25, 0.3) is 5.91 Å². The van der Waals surface area contributed by atoms with Crippen LogP contribution in [0.3, 0.4) is 0 Å². The highest BCUT2D eigenvalue weighted by Gasteiger charge is 2.48. The minimum absolute atomic E-state index is 0.0441. The fourth-order valence-electron chi connectivity index (χ4n) is 5.92. The van der Waals surface area contributed by atoms with Crippen molar-refractivity contribution in [2.45, 2.75) is 37.9 Å². The topological polar surface area (TPSA) is 65.8 Å². The molecular formula is C30H27FN6O. The van der Waals surface area contributed by atoms with Crippen LogP contribution in [-0.2, 0) is 6.54 Å². The van der Waals surface area contributed by atoms with Gasteiger partial charge in [0.15, 0.2) is 0 Å². The molecule has 1 amide bonds. The Labute approximate surface area is 220 Å². The number of nitrogens with one attached hydrogen (secondary N) is 1. The largest absolute Gasteiger partial charge is 0.340 e. The first-order valence-electron chi connectivity index (χ1n) is 13.0. The van der Waals surface area contributed by atoms with Gasteiger partial charge in [0, 0.05) is 31.0 Å². The normalized spacial score (nSPS) is 19.7. The molecule has 2 aromatic heterocycles. The maximum absolute atomic E-state index is 13.6. The number of amides is 1. The van der Waals surface area contributed by atoms with Gasteiger partial charge in [0.2, 0.25) is 11.9 Å². The zero-order valence-corrected chi connectivity index (χ0v) is 21.0. The highest BCUT2D eigenvalue weighted by molar-refractivity contribution is 6.21. The van der Waals surface area contributed by atoms with E-state index in [-0.39, 0.29) is 18.0 Å². The average molecular weight is 507 g/mol. The predicted molar refractivity (Wildman–Crippen MR) is 146 cm³/mol. The van der Waals surface area contributed by atoms with Gasteiger partial charge in [0.1, 0.15) is 5.82 Å². The summed E-state index contributed by atoms with van der Waals surface area (Å²) in [6.45, 7) is 0.560. The first-order chi connectivity index (χ1) is 18.6. The lowest BCUT2D eigenvalue weighted by Crippen LogP contribution is -2.51. The highest BCUT2D eigenvalue weighted by Crippen LogP contribution is 2.46. The first kappa shape index (κ1) is 22.7. The number of aromatic nitrogens is 2. The molecule has 38 heavy (non-hydrogen) atoms. The summed E-state index contributed by atoms with van der Waals surface area (Å²) in [5, 5.41) is 3.62. The van der Waals surface area contributed by atoms with E-state index in [9.17, 15) is 9.18 Å². The number of rotatable bonds is 5. The minimum atomic E-state index is -0.495. The van der Waals surface area contributed by atoms with E-state index in [1.54, 1.807) is 17.0 Å². The second-order valence-corrected chi connectivity index (χ2v) is 10.1. The number of para-hydroxylation sites is 1. The van der Waals surface area contributed by atoms with Crippen LogP contribution in [0.2, 0.25) is 0 Å². The van der Waals surface area contributed by atoms with Gasteiger partial charge in [-0.05, 0) is 49.1 Å². The van der Waals surface area contributed by atoms with E-state index in [1.165, 1.54) is 6.07 Å². The molecule has 190 valence electrons. The molecule has 2 atom stereocenters. The summed E-state index contributed by atoms with van der Waals surface area (Å²) < 4.78 is 15.7. The number of pyridine rings is 1. The molecule has 0 bridgehead atoms. The number of anilines is 3. The van der Waals surface area contributed by atoms with Gasteiger partial charge in [-0.1, -0.05) is 48.5 Å². The molecule has 7 rings (SSSR count). The van der Waals surface area contributed by atoms with Crippen molar-refractivity contribution in [3.05, 3.63) is 96.1 Å². The Kier molecular flexibility index (Phi) is 5.28. The molecule has 0 saturated heterocycles. The number of benzene rings is 2. The van der Waals surface area contributed by atoms with Crippen molar-refractivity contribution in [1.29, 1.82) is 0 Å². The minimum Gasteiger partial charge on any atom is -0.340 e. The summed E-state index contributed by atoms with van der Waals surface area (Å²) in [6, 6.07) is 23.3. The Morgan fingerprint density at radius 1 is 1.00 bits per heavy atom. The van der Waals surface area contributed by atoms with Crippen LogP contribution >= 0.6 is 0 Å². The van der Waals surface area contributed by atoms with Crippen LogP contribution in [0, 0.1) is 5.95 Å². The molecule has 4 heterocycles. The van der Waals surface area contributed by atoms with Crippen LogP contribution in [0.1, 0.15) is 35.2 Å². The number of hydrogen-bond donors (Lipinski definition) is 1. The molecule has 2 aromatic carbocycles. The Hall–Kier alpha value is -4.46. The third kappa shape index (κ3) is 3.67. The van der Waals surface area contributed by atoms with Gasteiger partial charge in [-0.15, -0.1) is 0 Å². The van der Waals surface area contributed by atoms with Crippen molar-refractivity contribution in [3.63, 3.8) is 0 Å². The Morgan fingerprint density at radius 3 is 2.61 bits per heavy atom. The molecule has 1 aliphatic carbocycles. The van der Waals surface area contributed by atoms with E-state index in [1.807, 2.05) is 67.8 Å². The van der Waals surface area contributed by atoms with Crippen LogP contribution in [0.5, 0.6) is 0 Å². The summed E-state index contributed by atoms with van der Waals surface area (Å²) in [5.41, 5.74) is 5.05. The van der Waals surface area contributed by atoms with Crippen LogP contribution in [0.4, 0.5) is 21.6 Å². The molecule has 0 radical (unpaired) electrons. The molecule has 0 spiro atoms. The Morgan fingerprint density at radius 2 is 1.82 bits per heavy atom. The quantitative estimate of drug-likeness (QED) is 0.355. The van der Waals surface area contributed by atoms with E-state index in [2.05, 4.69) is 19.8 Å². The van der Waals surface area contributed by atoms with Gasteiger partial charge >= 0.3 is 0 Å². The Balaban J connectivity index is 1.30. The van der Waals surface area contributed by atoms with Crippen molar-refractivity contribution < 1.29 is 9.18 Å². The lowest BCUT2D eigenvalue weighted by Gasteiger charge is -2.36. The molecule has 8 heteroatoms. The summed E-state index contributed by atoms with van der Waals surface area (Å²) >= 11 is 0. The zero-order valence-electron chi connectivity index (χ0n) is 21.0. The van der Waals surface area contributed by atoms with E-state index in [0.29, 0.717) is 17.8 Å². The van der Waals surface area contributed by atoms with Crippen LogP contribution in [0.25, 0.3) is 11.3 Å². The van der Waals surface area contributed by atoms with E-state index >= 15 is 0 Å². The standard InChI is InChI=1S/C30H27FN6O/c1-35-29(38)22-18-36(17-19-13-15-20(16-14-19)23-9-6-12-26(31)33-23)28(32-21-7-3-2-4-8-21)27(22)37-25-11-5-10-24(25)34-30(35)37/h2-4,6-9,12-16,18,24-25,32H,5,10-11,17H2,1H3. The number of carbonyl (C=O) groups is 1. The van der Waals surface area contributed by atoms with Crippen molar-refractivity contribution in [1.82, 2.24) is 14.5 Å². The number of fused-ring (bicyclic) bond motifs is 5. The molecule has 1 N–H and O–H groups in total. The van der Waals surface area contributed by atoms with E-state index < -0.39 is 5.95 Å². The number of aliphatic imine (C=N–C) groups is 1. The van der Waals surface area contributed by atoms with Gasteiger partial charge in [0.05, 0.1) is 29.0 Å². The molecular weight excluding hydrogens is 479 g/mol. The number of halogens is 1. The number of carbonyl (C=O) groups excluding carboxylic acids is 1. The third-order valence-corrected chi connectivity index (χ3v) is 7.75. The van der Waals surface area contributed by atoms with Gasteiger partial charge in [-0.3, -0.25) is 9.69 Å². The van der Waals surface area contributed by atoms with Gasteiger partial charge in [-0.2, -0.15) is 4.39 Å². The smallest absolute Gasteiger partial charge is 0.264 e. The molecule has 2 unspecified atom stereocenters. The van der Waals surface area contributed by atoms with Crippen molar-refractivity contribution in [2.24, 2.45) is 4.99 Å². The van der Waals surface area contributed by atoms with Crippen molar-refractivity contribution in [2.75, 3.05) is 17.3 Å². The number of nitrogens with zero attached hydrogens (tertiary/aromatic N) is 5. The molecule has 1 saturated carbocycles. The van der Waals surface area contributed by atoms with E-state index in [0.717, 1.165) is 53.5 Å². The van der Waals surface area contributed by atoms with Crippen molar-refractivity contribution >= 4 is 29.1 Å². The summed E-state index contributed by atoms with van der Waals surface area (Å²) in [5.74, 6) is 1.09. The summed E-state index contributed by atoms with van der Waals surface area (Å²) in [7, 11) is 1.82. The molecule has 7 nitrogen and oxygen atoms in total. The molecule has 4 aromatic rings.